The van der Waals surface area contributed by atoms with Crippen molar-refractivity contribution < 1.29 is 18.7 Å². The van der Waals surface area contributed by atoms with Crippen LogP contribution in [0.4, 0.5) is 4.39 Å². The van der Waals surface area contributed by atoms with Crippen LogP contribution in [0.1, 0.15) is 26.3 Å². The molecule has 154 valence electrons. The number of carbonyl (C=O) groups excluding carboxylic acids is 2. The van der Waals surface area contributed by atoms with E-state index in [0.717, 1.165) is 17.0 Å². The minimum Gasteiger partial charge on any atom is -0.497 e. The molecule has 0 saturated carbocycles. The zero-order valence-electron chi connectivity index (χ0n) is 15.5. The molecular weight excluding hydrogens is 498 g/mol. The molecular formula is C21H14BrCl2FN2O3. The molecule has 0 fully saturated rings. The Morgan fingerprint density at radius 3 is 2.40 bits per heavy atom. The van der Waals surface area contributed by atoms with Crippen molar-refractivity contribution in [3.05, 3.63) is 91.9 Å². The highest BCUT2D eigenvalue weighted by atomic mass is 79.9. The van der Waals surface area contributed by atoms with Crippen LogP contribution in [0.15, 0.2) is 59.2 Å². The number of pyridine rings is 1. The Hall–Kier alpha value is -2.48. The van der Waals surface area contributed by atoms with Gasteiger partial charge in [0.1, 0.15) is 16.7 Å². The lowest BCUT2D eigenvalue weighted by Gasteiger charge is -2.22. The summed E-state index contributed by atoms with van der Waals surface area (Å²) in [6, 6.07) is 11.6. The van der Waals surface area contributed by atoms with E-state index in [1.807, 2.05) is 0 Å². The highest BCUT2D eigenvalue weighted by Gasteiger charge is 2.28. The third-order valence-electron chi connectivity index (χ3n) is 4.18. The van der Waals surface area contributed by atoms with Crippen molar-refractivity contribution in [3.8, 4) is 5.75 Å². The molecule has 0 bridgehead atoms. The molecule has 3 rings (SSSR count). The van der Waals surface area contributed by atoms with E-state index in [4.69, 9.17) is 27.9 Å². The van der Waals surface area contributed by atoms with Gasteiger partial charge in [-0.2, -0.15) is 0 Å². The summed E-state index contributed by atoms with van der Waals surface area (Å²) in [5.74, 6) is -1.50. The summed E-state index contributed by atoms with van der Waals surface area (Å²) in [6.45, 7) is -0.0999. The van der Waals surface area contributed by atoms with Crippen LogP contribution in [-0.4, -0.2) is 28.8 Å². The summed E-state index contributed by atoms with van der Waals surface area (Å²) in [4.78, 5) is 31.3. The average Bonchev–Trinajstić information content (AvgIpc) is 2.75. The normalized spacial score (nSPS) is 10.6. The third-order valence-corrected chi connectivity index (χ3v) is 5.25. The highest BCUT2D eigenvalue weighted by Crippen LogP contribution is 2.25. The van der Waals surface area contributed by atoms with Gasteiger partial charge in [-0.1, -0.05) is 35.3 Å². The molecule has 0 aliphatic carbocycles. The zero-order chi connectivity index (χ0) is 21.8. The average molecular weight is 512 g/mol. The number of hydrogen-bond donors (Lipinski definition) is 0. The van der Waals surface area contributed by atoms with Crippen molar-refractivity contribution in [1.29, 1.82) is 0 Å². The Labute approximate surface area is 190 Å². The number of hydrogen-bond acceptors (Lipinski definition) is 4. The maximum Gasteiger partial charge on any atom is 0.264 e. The topological polar surface area (TPSA) is 59.5 Å². The molecule has 0 unspecified atom stereocenters. The standard InChI is InChI=1S/C21H14BrCl2FN2O3/c1-30-15-5-2-12(3-6-15)11-27(20(28)16-9-14(25)4-7-18(16)23)21(29)17-8-13(22)10-26-19(17)24/h2-10H,11H2,1H3. The van der Waals surface area contributed by atoms with E-state index in [0.29, 0.717) is 15.8 Å². The van der Waals surface area contributed by atoms with Gasteiger partial charge in [-0.05, 0) is 57.9 Å². The second-order valence-electron chi connectivity index (χ2n) is 6.16. The lowest BCUT2D eigenvalue weighted by molar-refractivity contribution is 0.0603. The maximum atomic E-state index is 13.8. The molecule has 0 radical (unpaired) electrons. The number of halogens is 4. The zero-order valence-corrected chi connectivity index (χ0v) is 18.6. The maximum absolute atomic E-state index is 13.8. The van der Waals surface area contributed by atoms with E-state index in [9.17, 15) is 14.0 Å². The van der Waals surface area contributed by atoms with Crippen LogP contribution >= 0.6 is 39.1 Å². The first-order chi connectivity index (χ1) is 14.3. The molecule has 2 aromatic carbocycles. The lowest BCUT2D eigenvalue weighted by atomic mass is 10.1. The van der Waals surface area contributed by atoms with Gasteiger partial charge in [0.15, 0.2) is 0 Å². The van der Waals surface area contributed by atoms with Crippen molar-refractivity contribution in [2.45, 2.75) is 6.54 Å². The molecule has 3 aromatic rings. The van der Waals surface area contributed by atoms with Crippen LogP contribution in [0.3, 0.4) is 0 Å². The van der Waals surface area contributed by atoms with Crippen molar-refractivity contribution in [1.82, 2.24) is 9.88 Å². The summed E-state index contributed by atoms with van der Waals surface area (Å²) < 4.78 is 19.4. The van der Waals surface area contributed by atoms with Gasteiger partial charge in [0, 0.05) is 10.7 Å². The van der Waals surface area contributed by atoms with E-state index < -0.39 is 17.6 Å². The molecule has 30 heavy (non-hydrogen) atoms. The first-order valence-electron chi connectivity index (χ1n) is 8.55. The van der Waals surface area contributed by atoms with Crippen LogP contribution in [0, 0.1) is 5.82 Å². The Morgan fingerprint density at radius 1 is 1.07 bits per heavy atom. The molecule has 0 aliphatic heterocycles. The van der Waals surface area contributed by atoms with Gasteiger partial charge in [-0.15, -0.1) is 0 Å². The van der Waals surface area contributed by atoms with Gasteiger partial charge in [0.05, 0.1) is 29.8 Å². The number of rotatable bonds is 5. The number of nitrogens with zero attached hydrogens (tertiary/aromatic N) is 2. The summed E-state index contributed by atoms with van der Waals surface area (Å²) >= 11 is 15.4. The highest BCUT2D eigenvalue weighted by molar-refractivity contribution is 9.10. The predicted octanol–water partition coefficient (Wildman–Crippen LogP) is 5.78. The van der Waals surface area contributed by atoms with Crippen LogP contribution in [0.5, 0.6) is 5.75 Å². The van der Waals surface area contributed by atoms with Crippen LogP contribution in [0.2, 0.25) is 10.2 Å². The lowest BCUT2D eigenvalue weighted by Crippen LogP contribution is -2.37. The minimum absolute atomic E-state index is 0.0143. The monoisotopic (exact) mass is 510 g/mol. The van der Waals surface area contributed by atoms with Crippen molar-refractivity contribution in [3.63, 3.8) is 0 Å². The van der Waals surface area contributed by atoms with Crippen molar-refractivity contribution >= 4 is 50.9 Å². The molecule has 0 spiro atoms. The van der Waals surface area contributed by atoms with Crippen LogP contribution in [-0.2, 0) is 6.54 Å². The largest absolute Gasteiger partial charge is 0.497 e. The van der Waals surface area contributed by atoms with E-state index in [-0.39, 0.29) is 27.8 Å². The van der Waals surface area contributed by atoms with E-state index >= 15 is 0 Å². The van der Waals surface area contributed by atoms with Gasteiger partial charge < -0.3 is 4.74 Å². The molecule has 0 aliphatic rings. The number of amides is 2. The van der Waals surface area contributed by atoms with Gasteiger partial charge in [0.2, 0.25) is 0 Å². The van der Waals surface area contributed by atoms with Crippen LogP contribution < -0.4 is 4.74 Å². The summed E-state index contributed by atoms with van der Waals surface area (Å²) in [5.41, 5.74) is 0.516. The molecule has 2 amide bonds. The first kappa shape index (κ1) is 22.2. The fourth-order valence-electron chi connectivity index (χ4n) is 2.67. The predicted molar refractivity (Wildman–Crippen MR) is 116 cm³/mol. The SMILES string of the molecule is COc1ccc(CN(C(=O)c2cc(F)ccc2Cl)C(=O)c2cc(Br)cnc2Cl)cc1. The summed E-state index contributed by atoms with van der Waals surface area (Å²) in [5, 5.41) is -0.0477. The number of aromatic nitrogens is 1. The van der Waals surface area contributed by atoms with Gasteiger partial charge in [-0.25, -0.2) is 9.37 Å². The Balaban J connectivity index is 2.05. The molecule has 0 atom stereocenters. The molecule has 9 heteroatoms. The van der Waals surface area contributed by atoms with Gasteiger partial charge in [-0.3, -0.25) is 14.5 Å². The molecule has 0 N–H and O–H groups in total. The second-order valence-corrected chi connectivity index (χ2v) is 7.84. The first-order valence-corrected chi connectivity index (χ1v) is 10.1. The third kappa shape index (κ3) is 4.98. The molecule has 1 heterocycles. The Morgan fingerprint density at radius 2 is 1.73 bits per heavy atom. The minimum atomic E-state index is -0.767. The number of imide groups is 1. The quantitative estimate of drug-likeness (QED) is 0.321. The van der Waals surface area contributed by atoms with Gasteiger partial charge >= 0.3 is 0 Å². The summed E-state index contributed by atoms with van der Waals surface area (Å²) in [7, 11) is 1.53. The number of carbonyl (C=O) groups is 2. The van der Waals surface area contributed by atoms with Crippen LogP contribution in [0.25, 0.3) is 0 Å². The number of ether oxygens (including phenoxy) is 1. The molecule has 1 aromatic heterocycles. The van der Waals surface area contributed by atoms with Crippen molar-refractivity contribution in [2.75, 3.05) is 7.11 Å². The van der Waals surface area contributed by atoms with E-state index in [2.05, 4.69) is 20.9 Å². The summed E-state index contributed by atoms with van der Waals surface area (Å²) in [6.07, 6.45) is 1.43. The van der Waals surface area contributed by atoms with E-state index in [1.54, 1.807) is 24.3 Å². The van der Waals surface area contributed by atoms with Crippen molar-refractivity contribution in [2.24, 2.45) is 0 Å². The fourth-order valence-corrected chi connectivity index (χ4v) is 3.39. The Bertz CT molecular complexity index is 1050. The van der Waals surface area contributed by atoms with Gasteiger partial charge in [0.25, 0.3) is 11.8 Å². The second kappa shape index (κ2) is 9.55. The smallest absolute Gasteiger partial charge is 0.264 e. The fraction of sp³-hybridized carbons (Fsp3) is 0.0952. The molecule has 5 nitrogen and oxygen atoms in total. The Kier molecular flexibility index (Phi) is 7.07. The molecule has 0 saturated heterocycles. The number of methoxy groups -OCH3 is 1. The number of benzene rings is 2. The van der Waals surface area contributed by atoms with E-state index in [1.165, 1.54) is 25.4 Å².